The van der Waals surface area contributed by atoms with Crippen molar-refractivity contribution in [1.29, 1.82) is 0 Å². The lowest BCUT2D eigenvalue weighted by atomic mass is 9.96. The minimum absolute atomic E-state index is 0.527. The molecule has 1 aliphatic rings. The molecule has 1 heterocycles. The number of aromatic nitrogens is 3. The molecule has 1 saturated carbocycles. The Morgan fingerprint density at radius 2 is 1.76 bits per heavy atom. The van der Waals surface area contributed by atoms with Crippen LogP contribution in [0.2, 0.25) is 5.28 Å². The molecule has 1 aromatic heterocycles. The van der Waals surface area contributed by atoms with Crippen LogP contribution in [0.15, 0.2) is 0 Å². The zero-order chi connectivity index (χ0) is 12.1. The van der Waals surface area contributed by atoms with Crippen molar-refractivity contribution < 1.29 is 0 Å². The first-order valence-electron chi connectivity index (χ1n) is 6.92. The summed E-state index contributed by atoms with van der Waals surface area (Å²) < 4.78 is 2.19. The van der Waals surface area contributed by atoms with Crippen LogP contribution >= 0.6 is 11.6 Å². The lowest BCUT2D eigenvalue weighted by molar-refractivity contribution is 0.363. The van der Waals surface area contributed by atoms with Gasteiger partial charge >= 0.3 is 0 Å². The van der Waals surface area contributed by atoms with E-state index in [0.29, 0.717) is 11.3 Å². The Morgan fingerprint density at radius 3 is 2.41 bits per heavy atom. The number of nitrogens with zero attached hydrogens (tertiary/aromatic N) is 3. The van der Waals surface area contributed by atoms with Crippen molar-refractivity contribution in [2.24, 2.45) is 0 Å². The molecule has 0 amide bonds. The van der Waals surface area contributed by atoms with Crippen molar-refractivity contribution in [2.75, 3.05) is 0 Å². The van der Waals surface area contributed by atoms with Crippen molar-refractivity contribution in [3.63, 3.8) is 0 Å². The van der Waals surface area contributed by atoms with E-state index in [1.807, 2.05) is 0 Å². The maximum Gasteiger partial charge on any atom is 0.225 e. The van der Waals surface area contributed by atoms with Gasteiger partial charge in [0.2, 0.25) is 5.28 Å². The van der Waals surface area contributed by atoms with Gasteiger partial charge in [-0.2, -0.15) is 0 Å². The molecule has 2 rings (SSSR count). The molecule has 0 radical (unpaired) electrons. The summed E-state index contributed by atoms with van der Waals surface area (Å²) in [7, 11) is 0. The summed E-state index contributed by atoms with van der Waals surface area (Å²) in [5, 5.41) is 8.84. The quantitative estimate of drug-likeness (QED) is 0.812. The average Bonchev–Trinajstić information content (AvgIpc) is 2.61. The van der Waals surface area contributed by atoms with Gasteiger partial charge < -0.3 is 0 Å². The second kappa shape index (κ2) is 6.39. The zero-order valence-corrected chi connectivity index (χ0v) is 11.4. The molecule has 17 heavy (non-hydrogen) atoms. The molecule has 0 unspecified atom stereocenters. The van der Waals surface area contributed by atoms with Crippen LogP contribution < -0.4 is 0 Å². The van der Waals surface area contributed by atoms with Gasteiger partial charge in [0, 0.05) is 12.5 Å². The highest BCUT2D eigenvalue weighted by Gasteiger charge is 2.19. The van der Waals surface area contributed by atoms with Crippen LogP contribution in [-0.4, -0.2) is 14.8 Å². The molecule has 0 spiro atoms. The predicted molar refractivity (Wildman–Crippen MR) is 70.4 cm³/mol. The summed E-state index contributed by atoms with van der Waals surface area (Å²) in [5.74, 6) is 1.07. The van der Waals surface area contributed by atoms with Gasteiger partial charge in [-0.15, -0.1) is 10.2 Å². The second-order valence-corrected chi connectivity index (χ2v) is 5.34. The molecule has 0 saturated heterocycles. The molecule has 1 aromatic rings. The van der Waals surface area contributed by atoms with Crippen LogP contribution in [0.25, 0.3) is 0 Å². The van der Waals surface area contributed by atoms with E-state index < -0.39 is 0 Å². The van der Waals surface area contributed by atoms with Gasteiger partial charge in [0.1, 0.15) is 5.82 Å². The lowest BCUT2D eigenvalue weighted by Gasteiger charge is -2.22. The van der Waals surface area contributed by atoms with E-state index in [2.05, 4.69) is 21.7 Å². The maximum absolute atomic E-state index is 6.20. The Hall–Kier alpha value is -0.570. The van der Waals surface area contributed by atoms with E-state index in [-0.39, 0.29) is 0 Å². The Labute approximate surface area is 109 Å². The average molecular weight is 256 g/mol. The Morgan fingerprint density at radius 1 is 1.12 bits per heavy atom. The zero-order valence-electron chi connectivity index (χ0n) is 10.7. The van der Waals surface area contributed by atoms with E-state index in [1.165, 1.54) is 44.9 Å². The standard InChI is InChI=1S/C13H22ClN3/c1-2-8-12-15-16-13(14)17(12)11-9-6-4-3-5-7-10-11/h11H,2-10H2,1H3. The minimum Gasteiger partial charge on any atom is -0.299 e. The molecule has 0 N–H and O–H groups in total. The first-order chi connectivity index (χ1) is 8.33. The fourth-order valence-corrected chi connectivity index (χ4v) is 3.02. The number of halogens is 1. The Kier molecular flexibility index (Phi) is 4.84. The summed E-state index contributed by atoms with van der Waals surface area (Å²) in [6.07, 6.45) is 11.3. The fraction of sp³-hybridized carbons (Fsp3) is 0.846. The summed E-state index contributed by atoms with van der Waals surface area (Å²) in [5.41, 5.74) is 0. The van der Waals surface area contributed by atoms with Gasteiger partial charge in [-0.3, -0.25) is 4.57 Å². The van der Waals surface area contributed by atoms with Crippen LogP contribution in [0, 0.1) is 0 Å². The summed E-state index contributed by atoms with van der Waals surface area (Å²) in [6.45, 7) is 2.17. The van der Waals surface area contributed by atoms with Crippen LogP contribution in [0.4, 0.5) is 0 Å². The molecule has 0 aromatic carbocycles. The lowest BCUT2D eigenvalue weighted by Crippen LogP contribution is -2.14. The summed E-state index contributed by atoms with van der Waals surface area (Å²) in [4.78, 5) is 0. The van der Waals surface area contributed by atoms with E-state index in [1.54, 1.807) is 0 Å². The molecule has 0 aliphatic heterocycles. The largest absolute Gasteiger partial charge is 0.299 e. The molecule has 4 heteroatoms. The monoisotopic (exact) mass is 255 g/mol. The van der Waals surface area contributed by atoms with Gasteiger partial charge in [-0.1, -0.05) is 39.0 Å². The number of hydrogen-bond acceptors (Lipinski definition) is 2. The van der Waals surface area contributed by atoms with Crippen LogP contribution in [0.5, 0.6) is 0 Å². The van der Waals surface area contributed by atoms with Crippen molar-refractivity contribution in [2.45, 2.75) is 70.8 Å². The SMILES string of the molecule is CCCc1nnc(Cl)n1C1CCCCCCC1. The first kappa shape index (κ1) is 12.9. The van der Waals surface area contributed by atoms with Gasteiger partial charge in [0.25, 0.3) is 0 Å². The van der Waals surface area contributed by atoms with Gasteiger partial charge in [0.15, 0.2) is 0 Å². The smallest absolute Gasteiger partial charge is 0.225 e. The Bertz CT molecular complexity index is 340. The van der Waals surface area contributed by atoms with Crippen LogP contribution in [0.3, 0.4) is 0 Å². The highest BCUT2D eigenvalue weighted by atomic mass is 35.5. The Balaban J connectivity index is 2.14. The molecule has 3 nitrogen and oxygen atoms in total. The molecule has 0 bridgehead atoms. The van der Waals surface area contributed by atoms with E-state index in [0.717, 1.165) is 18.7 Å². The fourth-order valence-electron chi connectivity index (χ4n) is 2.75. The third kappa shape index (κ3) is 3.21. The van der Waals surface area contributed by atoms with Crippen LogP contribution in [-0.2, 0) is 6.42 Å². The summed E-state index contributed by atoms with van der Waals surface area (Å²) in [6, 6.07) is 0.527. The molecule has 1 fully saturated rings. The topological polar surface area (TPSA) is 30.7 Å². The van der Waals surface area contributed by atoms with E-state index in [4.69, 9.17) is 11.6 Å². The summed E-state index contributed by atoms with van der Waals surface area (Å²) >= 11 is 6.20. The van der Waals surface area contributed by atoms with E-state index in [9.17, 15) is 0 Å². The third-order valence-corrected chi connectivity index (χ3v) is 3.90. The van der Waals surface area contributed by atoms with Gasteiger partial charge in [-0.25, -0.2) is 0 Å². The highest BCUT2D eigenvalue weighted by Crippen LogP contribution is 2.29. The van der Waals surface area contributed by atoms with Gasteiger partial charge in [-0.05, 0) is 30.9 Å². The number of hydrogen-bond donors (Lipinski definition) is 0. The van der Waals surface area contributed by atoms with Crippen molar-refractivity contribution in [3.05, 3.63) is 11.1 Å². The number of rotatable bonds is 3. The van der Waals surface area contributed by atoms with Gasteiger partial charge in [0.05, 0.1) is 0 Å². The highest BCUT2D eigenvalue weighted by molar-refractivity contribution is 6.28. The molecule has 0 atom stereocenters. The predicted octanol–water partition coefficient (Wildman–Crippen LogP) is 4.17. The molecule has 1 aliphatic carbocycles. The van der Waals surface area contributed by atoms with Crippen molar-refractivity contribution >= 4 is 11.6 Å². The first-order valence-corrected chi connectivity index (χ1v) is 7.30. The normalized spacial score (nSPS) is 18.9. The second-order valence-electron chi connectivity index (χ2n) is 5.00. The van der Waals surface area contributed by atoms with Crippen molar-refractivity contribution in [1.82, 2.24) is 14.8 Å². The molecular weight excluding hydrogens is 234 g/mol. The number of aryl methyl sites for hydroxylation is 1. The molecule has 96 valence electrons. The third-order valence-electron chi connectivity index (χ3n) is 3.64. The van der Waals surface area contributed by atoms with Crippen molar-refractivity contribution in [3.8, 4) is 0 Å². The maximum atomic E-state index is 6.20. The van der Waals surface area contributed by atoms with E-state index >= 15 is 0 Å². The van der Waals surface area contributed by atoms with Crippen LogP contribution in [0.1, 0.15) is 70.2 Å². The minimum atomic E-state index is 0.527. The molecular formula is C13H22ClN3.